The van der Waals surface area contributed by atoms with E-state index in [0.29, 0.717) is 6.61 Å². The Kier molecular flexibility index (Phi) is 3.46. The third kappa shape index (κ3) is 2.84. The Morgan fingerprint density at radius 2 is 1.90 bits per heavy atom. The highest BCUT2D eigenvalue weighted by molar-refractivity contribution is 6.33. The molecule has 2 nitrogen and oxygen atoms in total. The summed E-state index contributed by atoms with van der Waals surface area (Å²) in [6.07, 6.45) is 2.62. The molecule has 0 saturated heterocycles. The second-order valence-electron chi connectivity index (χ2n) is 5.95. The minimum Gasteiger partial charge on any atom is -0.372 e. The topological polar surface area (TPSA) is 21.3 Å². The van der Waals surface area contributed by atoms with E-state index in [9.17, 15) is 0 Å². The summed E-state index contributed by atoms with van der Waals surface area (Å²) >= 11 is 6.49. The molecule has 4 rings (SSSR count). The van der Waals surface area contributed by atoms with Crippen LogP contribution in [0.5, 0.6) is 0 Å². The lowest BCUT2D eigenvalue weighted by Gasteiger charge is -2.09. The maximum atomic E-state index is 6.49. The summed E-state index contributed by atoms with van der Waals surface area (Å²) < 4.78 is 5.47. The zero-order chi connectivity index (χ0) is 14.2. The molecule has 0 atom stereocenters. The fourth-order valence-electron chi connectivity index (χ4n) is 2.79. The molecule has 1 fully saturated rings. The van der Waals surface area contributed by atoms with Crippen molar-refractivity contribution in [1.82, 2.24) is 5.32 Å². The average molecular weight is 300 g/mol. The van der Waals surface area contributed by atoms with Crippen LogP contribution in [0.15, 0.2) is 36.4 Å². The van der Waals surface area contributed by atoms with Crippen molar-refractivity contribution in [3.05, 3.63) is 58.1 Å². The Labute approximate surface area is 130 Å². The highest BCUT2D eigenvalue weighted by atomic mass is 35.5. The lowest BCUT2D eigenvalue weighted by molar-refractivity contribution is 0.134. The summed E-state index contributed by atoms with van der Waals surface area (Å²) in [6.45, 7) is 2.35. The van der Waals surface area contributed by atoms with Gasteiger partial charge in [-0.1, -0.05) is 35.9 Å². The molecule has 2 aromatic rings. The summed E-state index contributed by atoms with van der Waals surface area (Å²) in [4.78, 5) is 0. The quantitative estimate of drug-likeness (QED) is 0.909. The maximum absolute atomic E-state index is 6.49. The summed E-state index contributed by atoms with van der Waals surface area (Å²) in [5.41, 5.74) is 6.09. The Balaban J connectivity index is 1.59. The monoisotopic (exact) mass is 299 g/mol. The first kappa shape index (κ1) is 13.3. The molecule has 0 bridgehead atoms. The molecule has 0 aromatic heterocycles. The highest BCUT2D eigenvalue weighted by Gasteiger charge is 2.20. The number of nitrogens with one attached hydrogen (secondary N) is 1. The summed E-state index contributed by atoms with van der Waals surface area (Å²) in [5, 5.41) is 4.34. The van der Waals surface area contributed by atoms with Gasteiger partial charge in [-0.2, -0.15) is 0 Å². The average Bonchev–Trinajstić information content (AvgIpc) is 3.21. The molecule has 0 unspecified atom stereocenters. The van der Waals surface area contributed by atoms with Gasteiger partial charge >= 0.3 is 0 Å². The number of hydrogen-bond donors (Lipinski definition) is 1. The van der Waals surface area contributed by atoms with Crippen molar-refractivity contribution in [1.29, 1.82) is 0 Å². The van der Waals surface area contributed by atoms with Crippen LogP contribution >= 0.6 is 11.6 Å². The molecule has 1 N–H and O–H groups in total. The van der Waals surface area contributed by atoms with Gasteiger partial charge in [0, 0.05) is 23.2 Å². The molecule has 0 spiro atoms. The fourth-order valence-corrected chi connectivity index (χ4v) is 3.10. The number of fused-ring (bicyclic) bond motifs is 1. The lowest BCUT2D eigenvalue weighted by Crippen LogP contribution is -2.15. The first-order chi connectivity index (χ1) is 10.3. The predicted molar refractivity (Wildman–Crippen MR) is 85.2 cm³/mol. The molecule has 21 heavy (non-hydrogen) atoms. The van der Waals surface area contributed by atoms with Crippen LogP contribution in [0.25, 0.3) is 11.1 Å². The van der Waals surface area contributed by atoms with E-state index in [4.69, 9.17) is 16.3 Å². The van der Waals surface area contributed by atoms with E-state index in [-0.39, 0.29) is 0 Å². The standard InChI is InChI=1S/C18H18ClNO/c19-18-7-12(9-20-16-4-5-16)1-6-17(18)13-2-3-14-10-21-11-15(14)8-13/h1-3,6-8,16,20H,4-5,9-11H2. The zero-order valence-corrected chi connectivity index (χ0v) is 12.6. The van der Waals surface area contributed by atoms with Gasteiger partial charge in [0.25, 0.3) is 0 Å². The molecular formula is C18H18ClNO. The Morgan fingerprint density at radius 3 is 2.71 bits per heavy atom. The smallest absolute Gasteiger partial charge is 0.0725 e. The SMILES string of the molecule is Clc1cc(CNC2CC2)ccc1-c1ccc2c(c1)COC2. The molecule has 1 aliphatic heterocycles. The number of benzene rings is 2. The normalized spacial score (nSPS) is 17.0. The molecule has 1 aliphatic carbocycles. The molecule has 2 aromatic carbocycles. The van der Waals surface area contributed by atoms with Gasteiger partial charge in [0.05, 0.1) is 13.2 Å². The van der Waals surface area contributed by atoms with Crippen molar-refractivity contribution in [2.24, 2.45) is 0 Å². The number of ether oxygens (including phenoxy) is 1. The Morgan fingerprint density at radius 1 is 1.05 bits per heavy atom. The van der Waals surface area contributed by atoms with E-state index in [1.807, 2.05) is 0 Å². The van der Waals surface area contributed by atoms with E-state index < -0.39 is 0 Å². The van der Waals surface area contributed by atoms with Gasteiger partial charge in [0.15, 0.2) is 0 Å². The van der Waals surface area contributed by atoms with Gasteiger partial charge < -0.3 is 10.1 Å². The van der Waals surface area contributed by atoms with Crippen LogP contribution in [0, 0.1) is 0 Å². The molecule has 108 valence electrons. The van der Waals surface area contributed by atoms with E-state index in [0.717, 1.165) is 29.8 Å². The third-order valence-corrected chi connectivity index (χ3v) is 4.55. The Hall–Kier alpha value is -1.35. The lowest BCUT2D eigenvalue weighted by atomic mass is 9.99. The summed E-state index contributed by atoms with van der Waals surface area (Å²) in [6, 6.07) is 13.6. The largest absolute Gasteiger partial charge is 0.372 e. The molecule has 3 heteroatoms. The molecule has 2 aliphatic rings. The minimum atomic E-state index is 0.712. The van der Waals surface area contributed by atoms with Crippen LogP contribution < -0.4 is 5.32 Å². The molecular weight excluding hydrogens is 282 g/mol. The minimum absolute atomic E-state index is 0.712. The van der Waals surface area contributed by atoms with E-state index >= 15 is 0 Å². The van der Waals surface area contributed by atoms with Gasteiger partial charge in [0.1, 0.15) is 0 Å². The number of rotatable bonds is 4. The van der Waals surface area contributed by atoms with Crippen molar-refractivity contribution in [2.75, 3.05) is 0 Å². The molecule has 0 amide bonds. The van der Waals surface area contributed by atoms with Gasteiger partial charge in [-0.3, -0.25) is 0 Å². The van der Waals surface area contributed by atoms with Gasteiger partial charge in [-0.25, -0.2) is 0 Å². The molecule has 1 heterocycles. The van der Waals surface area contributed by atoms with Crippen LogP contribution in [0.3, 0.4) is 0 Å². The third-order valence-electron chi connectivity index (χ3n) is 4.24. The predicted octanol–water partition coefficient (Wildman–Crippen LogP) is 4.29. The van der Waals surface area contributed by atoms with Crippen molar-refractivity contribution < 1.29 is 4.74 Å². The van der Waals surface area contributed by atoms with E-state index in [1.165, 1.54) is 35.1 Å². The van der Waals surface area contributed by atoms with E-state index in [2.05, 4.69) is 41.7 Å². The van der Waals surface area contributed by atoms with Crippen molar-refractivity contribution in [3.63, 3.8) is 0 Å². The van der Waals surface area contributed by atoms with Gasteiger partial charge in [-0.05, 0) is 47.2 Å². The van der Waals surface area contributed by atoms with Crippen molar-refractivity contribution in [3.8, 4) is 11.1 Å². The second kappa shape index (κ2) is 5.45. The van der Waals surface area contributed by atoms with E-state index in [1.54, 1.807) is 0 Å². The zero-order valence-electron chi connectivity index (χ0n) is 11.9. The Bertz CT molecular complexity index is 679. The number of halogens is 1. The first-order valence-corrected chi connectivity index (χ1v) is 7.89. The first-order valence-electron chi connectivity index (χ1n) is 7.51. The molecule has 0 radical (unpaired) electrons. The van der Waals surface area contributed by atoms with Gasteiger partial charge in [0.2, 0.25) is 0 Å². The summed E-state index contributed by atoms with van der Waals surface area (Å²) in [7, 11) is 0. The van der Waals surface area contributed by atoms with Crippen LogP contribution in [-0.2, 0) is 24.5 Å². The van der Waals surface area contributed by atoms with Crippen LogP contribution in [0.2, 0.25) is 5.02 Å². The van der Waals surface area contributed by atoms with Gasteiger partial charge in [-0.15, -0.1) is 0 Å². The molecule has 1 saturated carbocycles. The second-order valence-corrected chi connectivity index (χ2v) is 6.35. The maximum Gasteiger partial charge on any atom is 0.0725 e. The van der Waals surface area contributed by atoms with Crippen molar-refractivity contribution >= 4 is 11.6 Å². The fraction of sp³-hybridized carbons (Fsp3) is 0.333. The highest BCUT2D eigenvalue weighted by Crippen LogP contribution is 2.32. The van der Waals surface area contributed by atoms with Crippen molar-refractivity contribution in [2.45, 2.75) is 38.6 Å². The van der Waals surface area contributed by atoms with Crippen LogP contribution in [0.4, 0.5) is 0 Å². The van der Waals surface area contributed by atoms with Crippen LogP contribution in [-0.4, -0.2) is 6.04 Å². The van der Waals surface area contributed by atoms with Crippen LogP contribution in [0.1, 0.15) is 29.5 Å². The number of hydrogen-bond acceptors (Lipinski definition) is 2. The summed E-state index contributed by atoms with van der Waals surface area (Å²) in [5.74, 6) is 0.